The zero-order chi connectivity index (χ0) is 12.8. The van der Waals surface area contributed by atoms with Crippen molar-refractivity contribution in [3.8, 4) is 0 Å². The molecule has 0 radical (unpaired) electrons. The van der Waals surface area contributed by atoms with E-state index in [4.69, 9.17) is 5.11 Å². The lowest BCUT2D eigenvalue weighted by Gasteiger charge is -2.23. The number of carbonyl (C=O) groups is 1. The number of rotatable bonds is 6. The number of carboxylic acids is 1. The van der Waals surface area contributed by atoms with Crippen molar-refractivity contribution >= 4 is 11.7 Å². The van der Waals surface area contributed by atoms with Crippen molar-refractivity contribution in [3.63, 3.8) is 0 Å². The Morgan fingerprint density at radius 2 is 2.00 bits per heavy atom. The fourth-order valence-electron chi connectivity index (χ4n) is 2.12. The van der Waals surface area contributed by atoms with E-state index >= 15 is 0 Å². The molecule has 0 aromatic heterocycles. The number of anilines is 1. The maximum Gasteiger partial charge on any atom is 0.335 e. The second kappa shape index (κ2) is 6.28. The molecule has 0 aliphatic heterocycles. The molecule has 1 unspecified atom stereocenters. The van der Waals surface area contributed by atoms with Gasteiger partial charge in [0.05, 0.1) is 5.56 Å². The second-order valence-electron chi connectivity index (χ2n) is 4.40. The van der Waals surface area contributed by atoms with Crippen LogP contribution in [0, 0.1) is 5.92 Å². The first-order valence-corrected chi connectivity index (χ1v) is 6.18. The normalized spacial score (nSPS) is 12.5. The Balaban J connectivity index is 2.74. The summed E-state index contributed by atoms with van der Waals surface area (Å²) in [6.07, 6.45) is 2.26. The average Bonchev–Trinajstić information content (AvgIpc) is 2.30. The van der Waals surface area contributed by atoms with Gasteiger partial charge in [0.25, 0.3) is 0 Å². The summed E-state index contributed by atoms with van der Waals surface area (Å²) >= 11 is 0. The molecule has 1 rings (SSSR count). The van der Waals surface area contributed by atoms with Gasteiger partial charge in [-0.15, -0.1) is 0 Å². The van der Waals surface area contributed by atoms with Crippen LogP contribution < -0.4 is 5.32 Å². The van der Waals surface area contributed by atoms with E-state index < -0.39 is 5.97 Å². The highest BCUT2D eigenvalue weighted by Gasteiger charge is 2.13. The van der Waals surface area contributed by atoms with E-state index in [-0.39, 0.29) is 0 Å². The third kappa shape index (κ3) is 3.77. The van der Waals surface area contributed by atoms with Crippen molar-refractivity contribution in [2.24, 2.45) is 5.92 Å². The second-order valence-corrected chi connectivity index (χ2v) is 4.40. The average molecular weight is 235 g/mol. The third-order valence-electron chi connectivity index (χ3n) is 3.26. The van der Waals surface area contributed by atoms with Crippen LogP contribution in [0.4, 0.5) is 5.69 Å². The highest BCUT2D eigenvalue weighted by Crippen LogP contribution is 2.18. The lowest BCUT2D eigenvalue weighted by Crippen LogP contribution is -2.25. The Hall–Kier alpha value is -1.51. The van der Waals surface area contributed by atoms with Gasteiger partial charge in [-0.25, -0.2) is 4.79 Å². The number of carboxylic acid groups (broad SMARTS) is 1. The van der Waals surface area contributed by atoms with Crippen molar-refractivity contribution < 1.29 is 9.90 Å². The summed E-state index contributed by atoms with van der Waals surface area (Å²) in [5.41, 5.74) is 1.20. The highest BCUT2D eigenvalue weighted by molar-refractivity contribution is 5.88. The van der Waals surface area contributed by atoms with Gasteiger partial charge in [-0.05, 0) is 31.0 Å². The van der Waals surface area contributed by atoms with Crippen molar-refractivity contribution in [2.75, 3.05) is 5.32 Å². The van der Waals surface area contributed by atoms with Crippen molar-refractivity contribution in [2.45, 2.75) is 39.7 Å². The van der Waals surface area contributed by atoms with Crippen molar-refractivity contribution in [1.29, 1.82) is 0 Å². The van der Waals surface area contributed by atoms with E-state index in [0.717, 1.165) is 18.5 Å². The van der Waals surface area contributed by atoms with Gasteiger partial charge in [0.15, 0.2) is 0 Å². The Morgan fingerprint density at radius 3 is 2.53 bits per heavy atom. The first-order valence-electron chi connectivity index (χ1n) is 6.18. The molecule has 2 N–H and O–H groups in total. The van der Waals surface area contributed by atoms with Crippen LogP contribution in [0.25, 0.3) is 0 Å². The third-order valence-corrected chi connectivity index (χ3v) is 3.26. The van der Waals surface area contributed by atoms with Gasteiger partial charge in [0.2, 0.25) is 0 Å². The van der Waals surface area contributed by atoms with Gasteiger partial charge in [0.1, 0.15) is 0 Å². The van der Waals surface area contributed by atoms with Gasteiger partial charge < -0.3 is 10.4 Å². The van der Waals surface area contributed by atoms with Gasteiger partial charge in [-0.1, -0.05) is 32.8 Å². The predicted molar refractivity (Wildman–Crippen MR) is 70.6 cm³/mol. The minimum absolute atomic E-state index is 0.326. The van der Waals surface area contributed by atoms with Crippen molar-refractivity contribution in [1.82, 2.24) is 0 Å². The van der Waals surface area contributed by atoms with Crippen LogP contribution in [0.15, 0.2) is 24.3 Å². The summed E-state index contributed by atoms with van der Waals surface area (Å²) < 4.78 is 0. The zero-order valence-electron chi connectivity index (χ0n) is 10.7. The maximum absolute atomic E-state index is 10.9. The Morgan fingerprint density at radius 1 is 1.35 bits per heavy atom. The Bertz CT molecular complexity index is 372. The molecule has 3 heteroatoms. The Kier molecular flexibility index (Phi) is 5.01. The number of benzene rings is 1. The summed E-state index contributed by atoms with van der Waals surface area (Å²) in [6.45, 7) is 6.51. The van der Waals surface area contributed by atoms with Gasteiger partial charge in [-0.3, -0.25) is 0 Å². The lowest BCUT2D eigenvalue weighted by atomic mass is 9.95. The molecule has 17 heavy (non-hydrogen) atoms. The molecule has 0 aliphatic rings. The van der Waals surface area contributed by atoms with E-state index in [0.29, 0.717) is 17.5 Å². The van der Waals surface area contributed by atoms with Gasteiger partial charge >= 0.3 is 5.97 Å². The van der Waals surface area contributed by atoms with Crippen LogP contribution in [0.1, 0.15) is 44.0 Å². The number of hydrogen-bond donors (Lipinski definition) is 2. The quantitative estimate of drug-likeness (QED) is 0.791. The minimum atomic E-state index is -0.885. The smallest absolute Gasteiger partial charge is 0.335 e. The van der Waals surface area contributed by atoms with E-state index in [2.05, 4.69) is 26.1 Å². The molecule has 0 spiro atoms. The molecule has 0 fully saturated rings. The molecule has 1 aromatic rings. The molecule has 94 valence electrons. The van der Waals surface area contributed by atoms with Crippen LogP contribution in [-0.4, -0.2) is 17.1 Å². The summed E-state index contributed by atoms with van der Waals surface area (Å²) in [4.78, 5) is 10.9. The zero-order valence-corrected chi connectivity index (χ0v) is 10.7. The molecule has 0 heterocycles. The first kappa shape index (κ1) is 13.6. The Labute approximate surface area is 103 Å². The van der Waals surface area contributed by atoms with Crippen LogP contribution in [-0.2, 0) is 0 Å². The summed E-state index contributed by atoms with van der Waals surface area (Å²) in [6, 6.07) is 7.32. The van der Waals surface area contributed by atoms with E-state index in [1.165, 1.54) is 0 Å². The topological polar surface area (TPSA) is 49.3 Å². The SMILES string of the molecule is CCC(CC)C(C)Nc1cccc(C(=O)O)c1. The van der Waals surface area contributed by atoms with Crippen molar-refractivity contribution in [3.05, 3.63) is 29.8 Å². The molecule has 0 bridgehead atoms. The molecule has 3 nitrogen and oxygen atoms in total. The van der Waals surface area contributed by atoms with E-state index in [1.54, 1.807) is 18.2 Å². The van der Waals surface area contributed by atoms with Crippen LogP contribution in [0.2, 0.25) is 0 Å². The number of hydrogen-bond acceptors (Lipinski definition) is 2. The van der Waals surface area contributed by atoms with Crippen LogP contribution >= 0.6 is 0 Å². The predicted octanol–water partition coefficient (Wildman–Crippen LogP) is 3.62. The van der Waals surface area contributed by atoms with Gasteiger partial charge in [0, 0.05) is 11.7 Å². The fourth-order valence-corrected chi connectivity index (χ4v) is 2.12. The van der Waals surface area contributed by atoms with E-state index in [1.807, 2.05) is 6.07 Å². The highest BCUT2D eigenvalue weighted by atomic mass is 16.4. The van der Waals surface area contributed by atoms with Gasteiger partial charge in [-0.2, -0.15) is 0 Å². The summed E-state index contributed by atoms with van der Waals surface area (Å²) in [5, 5.41) is 12.3. The number of aromatic carboxylic acids is 1. The van der Waals surface area contributed by atoms with Crippen LogP contribution in [0.5, 0.6) is 0 Å². The van der Waals surface area contributed by atoms with E-state index in [9.17, 15) is 4.79 Å². The minimum Gasteiger partial charge on any atom is -0.478 e. The fraction of sp³-hybridized carbons (Fsp3) is 0.500. The van der Waals surface area contributed by atoms with Crippen LogP contribution in [0.3, 0.4) is 0 Å². The lowest BCUT2D eigenvalue weighted by molar-refractivity contribution is 0.0697. The molecular weight excluding hydrogens is 214 g/mol. The number of nitrogens with one attached hydrogen (secondary N) is 1. The standard InChI is InChI=1S/C14H21NO2/c1-4-11(5-2)10(3)15-13-8-6-7-12(9-13)14(16)17/h6-11,15H,4-5H2,1-3H3,(H,16,17). The molecule has 1 aromatic carbocycles. The molecule has 0 amide bonds. The molecular formula is C14H21NO2. The maximum atomic E-state index is 10.9. The largest absolute Gasteiger partial charge is 0.478 e. The monoisotopic (exact) mass is 235 g/mol. The molecule has 0 saturated heterocycles. The molecule has 0 aliphatic carbocycles. The first-order chi connectivity index (χ1) is 8.08. The molecule has 1 atom stereocenters. The summed E-state index contributed by atoms with van der Waals surface area (Å²) in [7, 11) is 0. The molecule has 0 saturated carbocycles. The summed E-state index contributed by atoms with van der Waals surface area (Å²) in [5.74, 6) is -0.271.